The maximum Gasteiger partial charge on any atom is 0.350 e. The van der Waals surface area contributed by atoms with Crippen LogP contribution >= 0.6 is 0 Å². The van der Waals surface area contributed by atoms with E-state index in [1.165, 1.54) is 0 Å². The van der Waals surface area contributed by atoms with E-state index < -0.39 is 27.3 Å². The first-order chi connectivity index (χ1) is 7.80. The van der Waals surface area contributed by atoms with Crippen LogP contribution in [0.2, 0.25) is 0 Å². The highest BCUT2D eigenvalue weighted by molar-refractivity contribution is 7.89. The van der Waals surface area contributed by atoms with Crippen molar-refractivity contribution < 1.29 is 27.1 Å². The lowest BCUT2D eigenvalue weighted by molar-refractivity contribution is -0.144. The van der Waals surface area contributed by atoms with E-state index in [0.717, 1.165) is 12.8 Å². The molecule has 0 aromatic carbocycles. The second kappa shape index (κ2) is 5.26. The number of hydrogen-bond donors (Lipinski definition) is 2. The molecule has 100 valence electrons. The molecule has 0 atom stereocenters. The Balaban J connectivity index is 2.96. The molecular weight excluding hydrogens is 256 g/mol. The second-order valence-electron chi connectivity index (χ2n) is 4.21. The number of carboxylic acids is 1. The number of sulfonamides is 1. The highest BCUT2D eigenvalue weighted by Crippen LogP contribution is 2.29. The molecule has 1 saturated carbocycles. The van der Waals surface area contributed by atoms with E-state index in [1.807, 2.05) is 0 Å². The lowest BCUT2D eigenvalue weighted by Crippen LogP contribution is -2.55. The van der Waals surface area contributed by atoms with Crippen LogP contribution in [0.1, 0.15) is 38.5 Å². The van der Waals surface area contributed by atoms with E-state index >= 15 is 0 Å². The molecule has 1 fully saturated rings. The monoisotopic (exact) mass is 271 g/mol. The lowest BCUT2D eigenvalue weighted by Gasteiger charge is -2.28. The number of alkyl halides is 2. The first-order valence-electron chi connectivity index (χ1n) is 5.34. The van der Waals surface area contributed by atoms with Crippen molar-refractivity contribution in [2.45, 2.75) is 49.8 Å². The van der Waals surface area contributed by atoms with Crippen LogP contribution in [-0.4, -0.2) is 30.8 Å². The molecular formula is C9H15F2NO4S. The van der Waals surface area contributed by atoms with Crippen LogP contribution in [0.3, 0.4) is 0 Å². The third-order valence-electron chi connectivity index (χ3n) is 2.94. The minimum Gasteiger partial charge on any atom is -0.480 e. The van der Waals surface area contributed by atoms with Crippen LogP contribution in [0, 0.1) is 0 Å². The summed E-state index contributed by atoms with van der Waals surface area (Å²) >= 11 is 0. The molecule has 17 heavy (non-hydrogen) atoms. The summed E-state index contributed by atoms with van der Waals surface area (Å²) in [4.78, 5) is 11.2. The van der Waals surface area contributed by atoms with Gasteiger partial charge in [-0.25, -0.2) is 8.42 Å². The molecule has 0 unspecified atom stereocenters. The van der Waals surface area contributed by atoms with Gasteiger partial charge in [0.1, 0.15) is 5.54 Å². The average molecular weight is 271 g/mol. The van der Waals surface area contributed by atoms with Crippen LogP contribution in [0.25, 0.3) is 0 Å². The summed E-state index contributed by atoms with van der Waals surface area (Å²) in [5.41, 5.74) is -1.77. The first-order valence-corrected chi connectivity index (χ1v) is 6.89. The number of rotatable bonds is 4. The molecule has 0 aromatic heterocycles. The molecule has 0 aliphatic heterocycles. The van der Waals surface area contributed by atoms with Crippen LogP contribution < -0.4 is 4.72 Å². The fraction of sp³-hybridized carbons (Fsp3) is 0.889. The number of carbonyl (C=O) groups is 1. The molecule has 0 heterocycles. The average Bonchev–Trinajstić information content (AvgIpc) is 2.43. The van der Waals surface area contributed by atoms with Gasteiger partial charge in [0.15, 0.2) is 0 Å². The van der Waals surface area contributed by atoms with Gasteiger partial charge >= 0.3 is 11.7 Å². The Morgan fingerprint density at radius 2 is 1.65 bits per heavy atom. The van der Waals surface area contributed by atoms with Crippen molar-refractivity contribution in [3.8, 4) is 0 Å². The Morgan fingerprint density at radius 3 is 2.00 bits per heavy atom. The van der Waals surface area contributed by atoms with Crippen molar-refractivity contribution in [3.05, 3.63) is 0 Å². The van der Waals surface area contributed by atoms with E-state index in [2.05, 4.69) is 0 Å². The SMILES string of the molecule is O=C(O)C1(NS(=O)(=O)C(F)F)CCCCCC1. The molecule has 0 saturated heterocycles. The summed E-state index contributed by atoms with van der Waals surface area (Å²) in [7, 11) is -4.88. The molecule has 0 aromatic rings. The zero-order valence-corrected chi connectivity index (χ0v) is 9.97. The van der Waals surface area contributed by atoms with Gasteiger partial charge in [0.05, 0.1) is 0 Å². The molecule has 1 aliphatic carbocycles. The zero-order chi connectivity index (χ0) is 13.1. The van der Waals surface area contributed by atoms with Gasteiger partial charge in [0.25, 0.3) is 10.0 Å². The van der Waals surface area contributed by atoms with Crippen LogP contribution in [0.5, 0.6) is 0 Å². The topological polar surface area (TPSA) is 83.5 Å². The van der Waals surface area contributed by atoms with E-state index in [9.17, 15) is 22.0 Å². The third-order valence-corrected chi connectivity index (χ3v) is 4.08. The first kappa shape index (κ1) is 14.3. The van der Waals surface area contributed by atoms with Crippen LogP contribution in [0.15, 0.2) is 0 Å². The third kappa shape index (κ3) is 3.35. The maximum absolute atomic E-state index is 12.3. The molecule has 0 radical (unpaired) electrons. The number of aliphatic carboxylic acids is 1. The largest absolute Gasteiger partial charge is 0.480 e. The van der Waals surface area contributed by atoms with E-state index in [0.29, 0.717) is 12.8 Å². The van der Waals surface area contributed by atoms with Crippen LogP contribution in [0.4, 0.5) is 8.78 Å². The Hall–Kier alpha value is -0.760. The van der Waals surface area contributed by atoms with E-state index in [4.69, 9.17) is 5.11 Å². The van der Waals surface area contributed by atoms with Gasteiger partial charge in [0.2, 0.25) is 0 Å². The predicted molar refractivity (Wildman–Crippen MR) is 56.1 cm³/mol. The highest BCUT2D eigenvalue weighted by atomic mass is 32.2. The summed E-state index contributed by atoms with van der Waals surface area (Å²) in [6, 6.07) is 0. The number of carboxylic acid groups (broad SMARTS) is 1. The van der Waals surface area contributed by atoms with Gasteiger partial charge in [-0.2, -0.15) is 13.5 Å². The van der Waals surface area contributed by atoms with Gasteiger partial charge in [-0.05, 0) is 12.8 Å². The summed E-state index contributed by atoms with van der Waals surface area (Å²) in [6.07, 6.45) is 2.69. The van der Waals surface area contributed by atoms with Gasteiger partial charge in [0, 0.05) is 0 Å². The number of hydrogen-bond acceptors (Lipinski definition) is 3. The van der Waals surface area contributed by atoms with Gasteiger partial charge in [-0.15, -0.1) is 0 Å². The minimum absolute atomic E-state index is 0.0499. The summed E-state index contributed by atoms with van der Waals surface area (Å²) < 4.78 is 48.4. The fourth-order valence-corrected chi connectivity index (χ4v) is 2.93. The quantitative estimate of drug-likeness (QED) is 0.755. The number of nitrogens with one attached hydrogen (secondary N) is 1. The molecule has 0 spiro atoms. The summed E-state index contributed by atoms with van der Waals surface area (Å²) in [5, 5.41) is 9.09. The normalized spacial score (nSPS) is 21.1. The van der Waals surface area contributed by atoms with E-state index in [1.54, 1.807) is 4.72 Å². The standard InChI is InChI=1S/C9H15F2NO4S/c10-8(11)17(15,16)12-9(7(13)14)5-3-1-2-4-6-9/h8,12H,1-6H2,(H,13,14). The van der Waals surface area contributed by atoms with Gasteiger partial charge < -0.3 is 5.11 Å². The second-order valence-corrected chi connectivity index (χ2v) is 5.86. The highest BCUT2D eigenvalue weighted by Gasteiger charge is 2.44. The molecule has 1 rings (SSSR count). The van der Waals surface area contributed by atoms with Crippen molar-refractivity contribution in [1.82, 2.24) is 4.72 Å². The van der Waals surface area contributed by atoms with Gasteiger partial charge in [-0.3, -0.25) is 4.79 Å². The predicted octanol–water partition coefficient (Wildman–Crippen LogP) is 1.31. The Labute approximate surface area is 98.3 Å². The maximum atomic E-state index is 12.3. The molecule has 0 bridgehead atoms. The van der Waals surface area contributed by atoms with Crippen molar-refractivity contribution in [2.24, 2.45) is 0 Å². The van der Waals surface area contributed by atoms with Gasteiger partial charge in [-0.1, -0.05) is 25.7 Å². The van der Waals surface area contributed by atoms with Crippen LogP contribution in [-0.2, 0) is 14.8 Å². The van der Waals surface area contributed by atoms with Crippen molar-refractivity contribution >= 4 is 16.0 Å². The Kier molecular flexibility index (Phi) is 4.42. The smallest absolute Gasteiger partial charge is 0.350 e. The molecule has 5 nitrogen and oxygen atoms in total. The van der Waals surface area contributed by atoms with Crippen molar-refractivity contribution in [3.63, 3.8) is 0 Å². The number of halogens is 2. The Bertz CT molecular complexity index is 374. The lowest BCUT2D eigenvalue weighted by atomic mass is 9.92. The molecule has 8 heteroatoms. The minimum atomic E-state index is -4.88. The summed E-state index contributed by atoms with van der Waals surface area (Å²) in [6.45, 7) is 0. The Morgan fingerprint density at radius 1 is 1.18 bits per heavy atom. The molecule has 1 aliphatic rings. The van der Waals surface area contributed by atoms with Crippen molar-refractivity contribution in [1.29, 1.82) is 0 Å². The molecule has 0 amide bonds. The van der Waals surface area contributed by atoms with E-state index in [-0.39, 0.29) is 12.8 Å². The van der Waals surface area contributed by atoms with Crippen molar-refractivity contribution in [2.75, 3.05) is 0 Å². The zero-order valence-electron chi connectivity index (χ0n) is 9.16. The fourth-order valence-electron chi connectivity index (χ4n) is 2.01. The molecule has 2 N–H and O–H groups in total. The summed E-state index contributed by atoms with van der Waals surface area (Å²) in [5.74, 6) is -4.99.